The zero-order chi connectivity index (χ0) is 33.2. The Hall–Kier alpha value is -2.74. The van der Waals surface area contributed by atoms with E-state index >= 15 is 0 Å². The molecule has 256 valence electrons. The number of ether oxygens (including phenoxy) is 1. The number of hydrogen-bond acceptors (Lipinski definition) is 5. The van der Waals surface area contributed by atoms with Crippen LogP contribution in [0.1, 0.15) is 140 Å². The predicted molar refractivity (Wildman–Crippen MR) is 193 cm³/mol. The molecule has 0 spiro atoms. The SMILES string of the molecule is CCCCCCCCCCCCN(C(=O)c1ccc(/N=N/c2ccc(OCCCCCCCCCCBr)cc2)cc1)[C@@H](C)C(=O)O. The minimum Gasteiger partial charge on any atom is -0.494 e. The van der Waals surface area contributed by atoms with Crippen LogP contribution in [-0.4, -0.2) is 46.4 Å². The van der Waals surface area contributed by atoms with Crippen molar-refractivity contribution in [1.82, 2.24) is 4.90 Å². The van der Waals surface area contributed by atoms with Gasteiger partial charge in [0, 0.05) is 17.4 Å². The standard InChI is InChI=1S/C38H58BrN3O4/c1-3-4-5-6-7-8-10-13-16-19-30-42(32(2)38(44)45)37(43)33-21-23-34(24-22-33)40-41-35-25-27-36(28-26-35)46-31-20-17-14-11-9-12-15-18-29-39/h21-28,32H,3-20,29-31H2,1-2H3,(H,44,45)/b41-40+/t32-/m0/s1. The van der Waals surface area contributed by atoms with E-state index in [9.17, 15) is 14.7 Å². The summed E-state index contributed by atoms with van der Waals surface area (Å²) in [6, 6.07) is 13.5. The first-order chi connectivity index (χ1) is 22.5. The molecule has 2 aromatic carbocycles. The molecule has 0 aliphatic carbocycles. The van der Waals surface area contributed by atoms with Gasteiger partial charge in [0.2, 0.25) is 0 Å². The molecule has 0 fully saturated rings. The number of carbonyl (C=O) groups is 2. The summed E-state index contributed by atoms with van der Waals surface area (Å²) in [5, 5.41) is 19.4. The summed E-state index contributed by atoms with van der Waals surface area (Å²) in [5.41, 5.74) is 1.78. The maximum Gasteiger partial charge on any atom is 0.326 e. The van der Waals surface area contributed by atoms with Crippen molar-refractivity contribution in [2.24, 2.45) is 10.2 Å². The lowest BCUT2D eigenvalue weighted by molar-refractivity contribution is -0.141. The molecule has 0 heterocycles. The fourth-order valence-electron chi connectivity index (χ4n) is 5.38. The number of carboxylic acids is 1. The van der Waals surface area contributed by atoms with Crippen LogP contribution in [0.3, 0.4) is 0 Å². The van der Waals surface area contributed by atoms with Crippen molar-refractivity contribution in [2.45, 2.75) is 135 Å². The number of halogens is 1. The number of unbranched alkanes of at least 4 members (excludes halogenated alkanes) is 16. The molecule has 7 nitrogen and oxygen atoms in total. The zero-order valence-corrected chi connectivity index (χ0v) is 30.0. The minimum atomic E-state index is -0.996. The van der Waals surface area contributed by atoms with E-state index in [0.29, 0.717) is 23.5 Å². The highest BCUT2D eigenvalue weighted by Crippen LogP contribution is 2.23. The number of aliphatic carboxylic acids is 1. The Morgan fingerprint density at radius 1 is 0.696 bits per heavy atom. The molecule has 0 saturated heterocycles. The van der Waals surface area contributed by atoms with E-state index in [1.54, 1.807) is 31.2 Å². The Labute approximate surface area is 286 Å². The molecule has 2 aromatic rings. The molecule has 8 heteroatoms. The molecule has 1 N–H and O–H groups in total. The number of alkyl halides is 1. The largest absolute Gasteiger partial charge is 0.494 e. The second-order valence-electron chi connectivity index (χ2n) is 12.3. The van der Waals surface area contributed by atoms with Crippen molar-refractivity contribution in [3.63, 3.8) is 0 Å². The van der Waals surface area contributed by atoms with Gasteiger partial charge in [0.25, 0.3) is 5.91 Å². The number of carbonyl (C=O) groups excluding carboxylic acids is 1. The summed E-state index contributed by atoms with van der Waals surface area (Å²) >= 11 is 3.49. The van der Waals surface area contributed by atoms with E-state index in [1.165, 1.54) is 94.8 Å². The molecule has 0 unspecified atom stereocenters. The van der Waals surface area contributed by atoms with Gasteiger partial charge in [-0.2, -0.15) is 10.2 Å². The van der Waals surface area contributed by atoms with Gasteiger partial charge < -0.3 is 14.7 Å². The number of nitrogens with zero attached hydrogens (tertiary/aromatic N) is 3. The van der Waals surface area contributed by atoms with Crippen molar-refractivity contribution in [2.75, 3.05) is 18.5 Å². The highest BCUT2D eigenvalue weighted by atomic mass is 79.9. The van der Waals surface area contributed by atoms with E-state index in [1.807, 2.05) is 24.3 Å². The van der Waals surface area contributed by atoms with Gasteiger partial charge in [-0.15, -0.1) is 0 Å². The lowest BCUT2D eigenvalue weighted by atomic mass is 10.1. The smallest absolute Gasteiger partial charge is 0.326 e. The average Bonchev–Trinajstić information content (AvgIpc) is 3.07. The first-order valence-electron chi connectivity index (χ1n) is 17.8. The van der Waals surface area contributed by atoms with Gasteiger partial charge in [-0.05, 0) is 74.7 Å². The van der Waals surface area contributed by atoms with Crippen molar-refractivity contribution in [3.8, 4) is 5.75 Å². The molecule has 0 aliphatic rings. The van der Waals surface area contributed by atoms with Gasteiger partial charge in [0.05, 0.1) is 18.0 Å². The number of rotatable bonds is 27. The zero-order valence-electron chi connectivity index (χ0n) is 28.4. The Morgan fingerprint density at radius 3 is 1.65 bits per heavy atom. The third kappa shape index (κ3) is 17.3. The topological polar surface area (TPSA) is 91.6 Å². The normalized spacial score (nSPS) is 12.0. The summed E-state index contributed by atoms with van der Waals surface area (Å²) in [6.07, 6.45) is 22.0. The summed E-state index contributed by atoms with van der Waals surface area (Å²) in [5.74, 6) is -0.440. The van der Waals surface area contributed by atoms with Gasteiger partial charge in [-0.25, -0.2) is 4.79 Å². The Morgan fingerprint density at radius 2 is 1.15 bits per heavy atom. The van der Waals surface area contributed by atoms with Gasteiger partial charge in [-0.1, -0.05) is 119 Å². The number of hydrogen-bond donors (Lipinski definition) is 1. The average molecular weight is 701 g/mol. The molecular weight excluding hydrogens is 642 g/mol. The Bertz CT molecular complexity index is 1110. The predicted octanol–water partition coefficient (Wildman–Crippen LogP) is 11.8. The summed E-state index contributed by atoms with van der Waals surface area (Å²) in [7, 11) is 0. The van der Waals surface area contributed by atoms with Crippen molar-refractivity contribution >= 4 is 39.2 Å². The third-order valence-corrected chi connectivity index (χ3v) is 8.93. The molecule has 46 heavy (non-hydrogen) atoms. The molecule has 0 radical (unpaired) electrons. The highest BCUT2D eigenvalue weighted by Gasteiger charge is 2.26. The fraction of sp³-hybridized carbons (Fsp3) is 0.632. The molecular formula is C38H58BrN3O4. The third-order valence-electron chi connectivity index (χ3n) is 8.37. The summed E-state index contributed by atoms with van der Waals surface area (Å²) in [6.45, 7) is 4.96. The molecule has 1 atom stereocenters. The first-order valence-corrected chi connectivity index (χ1v) is 18.9. The quantitative estimate of drug-likeness (QED) is 0.0570. The molecule has 0 aliphatic heterocycles. The molecule has 0 aromatic heterocycles. The number of azo groups is 1. The van der Waals surface area contributed by atoms with Crippen LogP contribution in [-0.2, 0) is 4.79 Å². The van der Waals surface area contributed by atoms with E-state index in [4.69, 9.17) is 4.74 Å². The van der Waals surface area contributed by atoms with Crippen molar-refractivity contribution < 1.29 is 19.4 Å². The second-order valence-corrected chi connectivity index (χ2v) is 13.1. The highest BCUT2D eigenvalue weighted by molar-refractivity contribution is 9.09. The molecule has 0 bridgehead atoms. The van der Waals surface area contributed by atoms with E-state index < -0.39 is 12.0 Å². The first kappa shape index (κ1) is 39.4. The lowest BCUT2D eigenvalue weighted by Crippen LogP contribution is -2.43. The van der Waals surface area contributed by atoms with Crippen LogP contribution in [0.2, 0.25) is 0 Å². The Kier molecular flexibility index (Phi) is 21.7. The molecule has 0 saturated carbocycles. The fourth-order valence-corrected chi connectivity index (χ4v) is 5.78. The maximum absolute atomic E-state index is 13.3. The minimum absolute atomic E-state index is 0.272. The van der Waals surface area contributed by atoms with Gasteiger partial charge >= 0.3 is 5.97 Å². The van der Waals surface area contributed by atoms with Crippen LogP contribution >= 0.6 is 15.9 Å². The van der Waals surface area contributed by atoms with Gasteiger partial charge in [0.15, 0.2) is 0 Å². The number of amides is 1. The van der Waals surface area contributed by atoms with Crippen molar-refractivity contribution in [3.05, 3.63) is 54.1 Å². The van der Waals surface area contributed by atoms with E-state index in [0.717, 1.165) is 43.4 Å². The summed E-state index contributed by atoms with van der Waals surface area (Å²) < 4.78 is 5.88. The van der Waals surface area contributed by atoms with Crippen LogP contribution < -0.4 is 4.74 Å². The second kappa shape index (κ2) is 25.4. The summed E-state index contributed by atoms with van der Waals surface area (Å²) in [4.78, 5) is 26.5. The van der Waals surface area contributed by atoms with E-state index in [2.05, 4.69) is 33.1 Å². The van der Waals surface area contributed by atoms with E-state index in [-0.39, 0.29) is 5.91 Å². The van der Waals surface area contributed by atoms with Gasteiger partial charge in [0.1, 0.15) is 11.8 Å². The van der Waals surface area contributed by atoms with Crippen LogP contribution in [0, 0.1) is 0 Å². The van der Waals surface area contributed by atoms with Crippen LogP contribution in [0.4, 0.5) is 11.4 Å². The molecule has 2 rings (SSSR count). The van der Waals surface area contributed by atoms with Crippen molar-refractivity contribution in [1.29, 1.82) is 0 Å². The number of benzene rings is 2. The van der Waals surface area contributed by atoms with Crippen LogP contribution in [0.15, 0.2) is 58.8 Å². The molecule has 1 amide bonds. The monoisotopic (exact) mass is 699 g/mol. The van der Waals surface area contributed by atoms with Crippen LogP contribution in [0.25, 0.3) is 0 Å². The Balaban J connectivity index is 1.75. The lowest BCUT2D eigenvalue weighted by Gasteiger charge is -2.26. The number of carboxylic acid groups (broad SMARTS) is 1. The van der Waals surface area contributed by atoms with Gasteiger partial charge in [-0.3, -0.25) is 4.79 Å². The van der Waals surface area contributed by atoms with Crippen LogP contribution in [0.5, 0.6) is 5.75 Å². The maximum atomic E-state index is 13.3.